The van der Waals surface area contributed by atoms with Crippen molar-refractivity contribution < 1.29 is 13.5 Å². The van der Waals surface area contributed by atoms with Crippen molar-refractivity contribution in [3.63, 3.8) is 0 Å². The van der Waals surface area contributed by atoms with E-state index in [1.54, 1.807) is 38.1 Å². The van der Waals surface area contributed by atoms with Crippen molar-refractivity contribution in [3.05, 3.63) is 41.9 Å². The average molecular weight is 337 g/mol. The SMILES string of the molecule is CCN([C@@H](C)c1cccc(O)c1)S(=O)(=O)c1cnc(C(C)C)[nH]1. The molecule has 6 nitrogen and oxygen atoms in total. The highest BCUT2D eigenvalue weighted by Gasteiger charge is 2.30. The lowest BCUT2D eigenvalue weighted by molar-refractivity contribution is 0.354. The van der Waals surface area contributed by atoms with Gasteiger partial charge in [-0.2, -0.15) is 4.31 Å². The van der Waals surface area contributed by atoms with E-state index in [0.717, 1.165) is 5.56 Å². The van der Waals surface area contributed by atoms with Crippen LogP contribution in [0.2, 0.25) is 0 Å². The van der Waals surface area contributed by atoms with E-state index in [9.17, 15) is 13.5 Å². The Balaban J connectivity index is 2.38. The lowest BCUT2D eigenvalue weighted by Gasteiger charge is -2.26. The first-order chi connectivity index (χ1) is 10.8. The highest BCUT2D eigenvalue weighted by molar-refractivity contribution is 7.89. The standard InChI is InChI=1S/C16H23N3O3S/c1-5-19(12(4)13-7-6-8-14(20)9-13)23(21,22)15-10-17-16(18-15)11(2)3/h6-12,20H,5H2,1-4H3,(H,17,18)/t12-/m0/s1. The van der Waals surface area contributed by atoms with Crippen molar-refractivity contribution in [3.8, 4) is 5.75 Å². The van der Waals surface area contributed by atoms with Crippen LogP contribution in [-0.4, -0.2) is 34.3 Å². The Morgan fingerprint density at radius 2 is 2.00 bits per heavy atom. The smallest absolute Gasteiger partial charge is 0.260 e. The number of hydrogen-bond donors (Lipinski definition) is 2. The highest BCUT2D eigenvalue weighted by atomic mass is 32.2. The molecule has 0 amide bonds. The van der Waals surface area contributed by atoms with Gasteiger partial charge in [-0.1, -0.05) is 32.9 Å². The topological polar surface area (TPSA) is 86.3 Å². The maximum absolute atomic E-state index is 12.9. The number of aromatic hydroxyl groups is 1. The molecule has 0 bridgehead atoms. The number of aromatic nitrogens is 2. The van der Waals surface area contributed by atoms with Crippen LogP contribution < -0.4 is 0 Å². The highest BCUT2D eigenvalue weighted by Crippen LogP contribution is 2.28. The Bertz CT molecular complexity index is 768. The van der Waals surface area contributed by atoms with E-state index in [0.29, 0.717) is 12.4 Å². The summed E-state index contributed by atoms with van der Waals surface area (Å²) < 4.78 is 27.2. The second-order valence-electron chi connectivity index (χ2n) is 5.77. The monoisotopic (exact) mass is 337 g/mol. The molecular formula is C16H23N3O3S. The van der Waals surface area contributed by atoms with E-state index in [2.05, 4.69) is 9.97 Å². The molecule has 0 aliphatic heterocycles. The predicted octanol–water partition coefficient (Wildman–Crippen LogP) is 3.01. The number of phenols is 1. The van der Waals surface area contributed by atoms with Gasteiger partial charge < -0.3 is 10.1 Å². The first-order valence-corrected chi connectivity index (χ1v) is 9.07. The zero-order valence-corrected chi connectivity index (χ0v) is 14.6. The number of benzene rings is 1. The van der Waals surface area contributed by atoms with E-state index in [4.69, 9.17) is 0 Å². The van der Waals surface area contributed by atoms with Gasteiger partial charge in [0, 0.05) is 18.5 Å². The number of rotatable bonds is 6. The maximum atomic E-state index is 12.9. The van der Waals surface area contributed by atoms with Gasteiger partial charge in [0.25, 0.3) is 10.0 Å². The van der Waals surface area contributed by atoms with Crippen LogP contribution in [0.1, 0.15) is 51.0 Å². The molecule has 23 heavy (non-hydrogen) atoms. The third-order valence-electron chi connectivity index (χ3n) is 3.80. The Morgan fingerprint density at radius 3 is 2.52 bits per heavy atom. The number of nitrogens with one attached hydrogen (secondary N) is 1. The van der Waals surface area contributed by atoms with E-state index >= 15 is 0 Å². The summed E-state index contributed by atoms with van der Waals surface area (Å²) in [4.78, 5) is 7.04. The molecule has 0 saturated heterocycles. The van der Waals surface area contributed by atoms with E-state index < -0.39 is 16.1 Å². The zero-order chi connectivity index (χ0) is 17.2. The number of nitrogens with zero attached hydrogens (tertiary/aromatic N) is 2. The molecule has 2 N–H and O–H groups in total. The second-order valence-corrected chi connectivity index (χ2v) is 7.63. The van der Waals surface area contributed by atoms with Crippen molar-refractivity contribution in [2.45, 2.75) is 44.7 Å². The molecule has 126 valence electrons. The van der Waals surface area contributed by atoms with Crippen molar-refractivity contribution in [2.75, 3.05) is 6.54 Å². The van der Waals surface area contributed by atoms with Gasteiger partial charge in [0.15, 0.2) is 5.03 Å². The summed E-state index contributed by atoms with van der Waals surface area (Å²) in [5.74, 6) is 0.883. The number of aromatic amines is 1. The van der Waals surface area contributed by atoms with Crippen LogP contribution in [0.15, 0.2) is 35.5 Å². The molecule has 0 aliphatic rings. The molecular weight excluding hydrogens is 314 g/mol. The Labute approximate surface area is 137 Å². The summed E-state index contributed by atoms with van der Waals surface area (Å²) in [6.07, 6.45) is 1.36. The van der Waals surface area contributed by atoms with Gasteiger partial charge in [0.05, 0.1) is 6.20 Å². The van der Waals surface area contributed by atoms with Gasteiger partial charge in [-0.25, -0.2) is 13.4 Å². The first kappa shape index (κ1) is 17.5. The van der Waals surface area contributed by atoms with E-state index in [1.165, 1.54) is 10.5 Å². The summed E-state index contributed by atoms with van der Waals surface area (Å²) in [6, 6.07) is 6.24. The fourth-order valence-corrected chi connectivity index (χ4v) is 4.02. The van der Waals surface area contributed by atoms with Crippen LogP contribution in [0.4, 0.5) is 0 Å². The van der Waals surface area contributed by atoms with Gasteiger partial charge in [-0.05, 0) is 24.6 Å². The number of hydrogen-bond acceptors (Lipinski definition) is 4. The number of sulfonamides is 1. The van der Waals surface area contributed by atoms with Gasteiger partial charge >= 0.3 is 0 Å². The molecule has 1 atom stereocenters. The molecule has 1 aromatic carbocycles. The summed E-state index contributed by atoms with van der Waals surface area (Å²) in [6.45, 7) is 7.80. The normalized spacial score (nSPS) is 13.7. The summed E-state index contributed by atoms with van der Waals surface area (Å²) in [5.41, 5.74) is 0.735. The second kappa shape index (κ2) is 6.72. The third kappa shape index (κ3) is 3.56. The zero-order valence-electron chi connectivity index (χ0n) is 13.8. The molecule has 0 radical (unpaired) electrons. The molecule has 1 aromatic heterocycles. The molecule has 0 spiro atoms. The molecule has 0 unspecified atom stereocenters. The Hall–Kier alpha value is -1.86. The quantitative estimate of drug-likeness (QED) is 0.848. The third-order valence-corrected chi connectivity index (χ3v) is 5.76. The molecule has 2 aromatic rings. The van der Waals surface area contributed by atoms with Crippen LogP contribution in [0.3, 0.4) is 0 Å². The van der Waals surface area contributed by atoms with Crippen LogP contribution >= 0.6 is 0 Å². The van der Waals surface area contributed by atoms with Gasteiger partial charge in [0.2, 0.25) is 0 Å². The number of H-pyrrole nitrogens is 1. The lowest BCUT2D eigenvalue weighted by atomic mass is 10.1. The minimum atomic E-state index is -3.69. The van der Waals surface area contributed by atoms with Crippen molar-refractivity contribution >= 4 is 10.0 Å². The number of imidazole rings is 1. The molecule has 0 saturated carbocycles. The van der Waals surface area contributed by atoms with Crippen LogP contribution in [0.25, 0.3) is 0 Å². The van der Waals surface area contributed by atoms with Gasteiger partial charge in [-0.15, -0.1) is 0 Å². The van der Waals surface area contributed by atoms with E-state index in [-0.39, 0.29) is 16.7 Å². The molecule has 2 rings (SSSR count). The maximum Gasteiger partial charge on any atom is 0.260 e. The Morgan fingerprint density at radius 1 is 1.30 bits per heavy atom. The fourth-order valence-electron chi connectivity index (χ4n) is 2.47. The van der Waals surface area contributed by atoms with Gasteiger partial charge in [-0.3, -0.25) is 0 Å². The molecule has 0 fully saturated rings. The molecule has 0 aliphatic carbocycles. The van der Waals surface area contributed by atoms with Gasteiger partial charge in [0.1, 0.15) is 11.6 Å². The largest absolute Gasteiger partial charge is 0.508 e. The van der Waals surface area contributed by atoms with Crippen LogP contribution in [0.5, 0.6) is 5.75 Å². The van der Waals surface area contributed by atoms with Crippen molar-refractivity contribution in [1.29, 1.82) is 0 Å². The summed E-state index contributed by atoms with van der Waals surface area (Å²) in [7, 11) is -3.69. The minimum absolute atomic E-state index is 0.0926. The number of phenolic OH excluding ortho intramolecular Hbond substituents is 1. The van der Waals surface area contributed by atoms with Crippen molar-refractivity contribution in [1.82, 2.24) is 14.3 Å². The lowest BCUT2D eigenvalue weighted by Crippen LogP contribution is -2.33. The fraction of sp³-hybridized carbons (Fsp3) is 0.438. The van der Waals surface area contributed by atoms with E-state index in [1.807, 2.05) is 13.8 Å². The molecule has 1 heterocycles. The predicted molar refractivity (Wildman–Crippen MR) is 88.8 cm³/mol. The van der Waals surface area contributed by atoms with Crippen molar-refractivity contribution in [2.24, 2.45) is 0 Å². The summed E-state index contributed by atoms with van der Waals surface area (Å²) in [5, 5.41) is 9.71. The molecule has 7 heteroatoms. The minimum Gasteiger partial charge on any atom is -0.508 e. The first-order valence-electron chi connectivity index (χ1n) is 7.63. The Kier molecular flexibility index (Phi) is 5.11. The van der Waals surface area contributed by atoms with Crippen LogP contribution in [-0.2, 0) is 10.0 Å². The van der Waals surface area contributed by atoms with Crippen LogP contribution in [0, 0.1) is 0 Å². The summed E-state index contributed by atoms with van der Waals surface area (Å²) >= 11 is 0. The average Bonchev–Trinajstić information content (AvgIpc) is 2.98.